The minimum absolute atomic E-state index is 0.0569. The van der Waals surface area contributed by atoms with Crippen molar-refractivity contribution in [1.82, 2.24) is 19.7 Å². The topological polar surface area (TPSA) is 107 Å². The van der Waals surface area contributed by atoms with E-state index in [9.17, 15) is 9.59 Å². The van der Waals surface area contributed by atoms with Gasteiger partial charge in [0.2, 0.25) is 5.91 Å². The van der Waals surface area contributed by atoms with Crippen LogP contribution >= 0.6 is 11.8 Å². The molecule has 1 saturated carbocycles. The average Bonchev–Trinajstić information content (AvgIpc) is 3.27. The van der Waals surface area contributed by atoms with Crippen LogP contribution in [0.3, 0.4) is 0 Å². The van der Waals surface area contributed by atoms with E-state index in [1.54, 1.807) is 6.20 Å². The highest BCUT2D eigenvalue weighted by molar-refractivity contribution is 8.00. The van der Waals surface area contributed by atoms with Gasteiger partial charge < -0.3 is 15.3 Å². The fraction of sp³-hybridized carbons (Fsp3) is 0.368. The number of para-hydroxylation sites is 1. The standard InChI is InChI=1S/C19H21N5O2S/c1-11(18(26)14-10-21-15-5-3-2-4-13(14)15)27-19-23-22-17(9-8-16(20)25)24(19)12-6-7-12/h2-5,10-12,21H,6-9H2,1H3,(H2,20,25). The lowest BCUT2D eigenvalue weighted by atomic mass is 10.1. The Labute approximate surface area is 160 Å². The van der Waals surface area contributed by atoms with Crippen molar-refractivity contribution in [2.75, 3.05) is 0 Å². The second-order valence-electron chi connectivity index (χ2n) is 6.84. The number of aromatic amines is 1. The lowest BCUT2D eigenvalue weighted by Crippen LogP contribution is -2.15. The Hall–Kier alpha value is -2.61. The molecule has 1 aliphatic carbocycles. The molecule has 2 aromatic heterocycles. The fourth-order valence-electron chi connectivity index (χ4n) is 3.20. The summed E-state index contributed by atoms with van der Waals surface area (Å²) in [7, 11) is 0. The van der Waals surface area contributed by atoms with Crippen LogP contribution in [0.5, 0.6) is 0 Å². The van der Waals surface area contributed by atoms with E-state index in [4.69, 9.17) is 5.73 Å². The lowest BCUT2D eigenvalue weighted by Gasteiger charge is -2.12. The third-order valence-electron chi connectivity index (χ3n) is 4.75. The molecule has 0 aliphatic heterocycles. The van der Waals surface area contributed by atoms with Gasteiger partial charge in [0.05, 0.1) is 5.25 Å². The number of benzene rings is 1. The van der Waals surface area contributed by atoms with E-state index >= 15 is 0 Å². The molecule has 0 radical (unpaired) electrons. The van der Waals surface area contributed by atoms with Crippen molar-refractivity contribution in [3.63, 3.8) is 0 Å². The van der Waals surface area contributed by atoms with Crippen molar-refractivity contribution in [1.29, 1.82) is 0 Å². The lowest BCUT2D eigenvalue weighted by molar-refractivity contribution is -0.118. The minimum atomic E-state index is -0.350. The molecule has 1 unspecified atom stereocenters. The van der Waals surface area contributed by atoms with E-state index < -0.39 is 0 Å². The molecule has 1 aromatic carbocycles. The Balaban J connectivity index is 1.55. The fourth-order valence-corrected chi connectivity index (χ4v) is 4.20. The van der Waals surface area contributed by atoms with E-state index in [1.807, 2.05) is 31.2 Å². The molecule has 1 fully saturated rings. The number of fused-ring (bicyclic) bond motifs is 1. The molecule has 0 spiro atoms. The van der Waals surface area contributed by atoms with Crippen molar-refractivity contribution in [2.45, 2.75) is 49.1 Å². The quantitative estimate of drug-likeness (QED) is 0.459. The van der Waals surface area contributed by atoms with Gasteiger partial charge >= 0.3 is 0 Å². The van der Waals surface area contributed by atoms with Gasteiger partial charge in [-0.3, -0.25) is 9.59 Å². The number of rotatable bonds is 8. The smallest absolute Gasteiger partial charge is 0.217 e. The number of nitrogens with one attached hydrogen (secondary N) is 1. The first-order valence-corrected chi connectivity index (χ1v) is 9.91. The van der Waals surface area contributed by atoms with Crippen molar-refractivity contribution >= 4 is 34.4 Å². The second-order valence-corrected chi connectivity index (χ2v) is 8.15. The number of primary amides is 1. The number of nitrogens with two attached hydrogens (primary N) is 1. The third-order valence-corrected chi connectivity index (χ3v) is 5.81. The van der Waals surface area contributed by atoms with Crippen LogP contribution in [0.1, 0.15) is 48.4 Å². The first-order chi connectivity index (χ1) is 13.0. The average molecular weight is 383 g/mol. The minimum Gasteiger partial charge on any atom is -0.370 e. The maximum absolute atomic E-state index is 13.0. The monoisotopic (exact) mass is 383 g/mol. The van der Waals surface area contributed by atoms with Crippen LogP contribution < -0.4 is 5.73 Å². The Morgan fingerprint density at radius 3 is 2.85 bits per heavy atom. The van der Waals surface area contributed by atoms with Crippen LogP contribution in [0.25, 0.3) is 10.9 Å². The summed E-state index contributed by atoms with van der Waals surface area (Å²) < 4.78 is 2.08. The van der Waals surface area contributed by atoms with Gasteiger partial charge in [0.25, 0.3) is 0 Å². The zero-order chi connectivity index (χ0) is 19.0. The summed E-state index contributed by atoms with van der Waals surface area (Å²) in [6.07, 6.45) is 4.64. The first kappa shape index (κ1) is 17.8. The molecule has 1 atom stereocenters. The van der Waals surface area contributed by atoms with Crippen LogP contribution in [0.2, 0.25) is 0 Å². The molecule has 2 heterocycles. The van der Waals surface area contributed by atoms with E-state index in [-0.39, 0.29) is 23.4 Å². The van der Waals surface area contributed by atoms with E-state index in [2.05, 4.69) is 19.7 Å². The number of Topliss-reactive ketones (excluding diaryl/α,β-unsaturated/α-hetero) is 1. The molecule has 7 nitrogen and oxygen atoms in total. The van der Waals surface area contributed by atoms with Crippen molar-refractivity contribution in [3.05, 3.63) is 41.9 Å². The van der Waals surface area contributed by atoms with Crippen LogP contribution in [-0.2, 0) is 11.2 Å². The number of hydrogen-bond acceptors (Lipinski definition) is 5. The molecule has 4 rings (SSSR count). The summed E-state index contributed by atoms with van der Waals surface area (Å²) in [6, 6.07) is 8.14. The number of H-pyrrole nitrogens is 1. The second kappa shape index (κ2) is 7.19. The Kier molecular flexibility index (Phi) is 4.73. The Morgan fingerprint density at radius 1 is 1.33 bits per heavy atom. The number of ketones is 1. The molecule has 8 heteroatoms. The number of hydrogen-bond donors (Lipinski definition) is 2. The van der Waals surface area contributed by atoms with E-state index in [0.717, 1.165) is 34.7 Å². The SMILES string of the molecule is CC(Sc1nnc(CCC(N)=O)n1C1CC1)C(=O)c1c[nH]c2ccccc12. The number of thioether (sulfide) groups is 1. The highest BCUT2D eigenvalue weighted by Gasteiger charge is 2.31. The molecule has 3 aromatic rings. The predicted molar refractivity (Wildman–Crippen MR) is 104 cm³/mol. The van der Waals surface area contributed by atoms with Crippen molar-refractivity contribution < 1.29 is 9.59 Å². The number of aromatic nitrogens is 4. The van der Waals surface area contributed by atoms with Gasteiger partial charge in [-0.25, -0.2) is 0 Å². The van der Waals surface area contributed by atoms with Gasteiger partial charge in [-0.2, -0.15) is 0 Å². The maximum atomic E-state index is 13.0. The van der Waals surface area contributed by atoms with Gasteiger partial charge in [-0.05, 0) is 25.8 Å². The molecule has 0 bridgehead atoms. The molecule has 1 amide bonds. The van der Waals surface area contributed by atoms with Gasteiger partial charge in [0, 0.05) is 41.5 Å². The summed E-state index contributed by atoms with van der Waals surface area (Å²) in [5, 5.41) is 9.90. The Bertz CT molecular complexity index is 1000. The largest absolute Gasteiger partial charge is 0.370 e. The van der Waals surface area contributed by atoms with Crippen molar-refractivity contribution in [3.8, 4) is 0 Å². The van der Waals surface area contributed by atoms with Gasteiger partial charge in [0.1, 0.15) is 5.82 Å². The molecule has 140 valence electrons. The number of nitrogens with zero attached hydrogens (tertiary/aromatic N) is 3. The van der Waals surface area contributed by atoms with Gasteiger partial charge in [0.15, 0.2) is 10.9 Å². The molecular formula is C19H21N5O2S. The molecule has 1 aliphatic rings. The first-order valence-electron chi connectivity index (χ1n) is 9.03. The van der Waals surface area contributed by atoms with Crippen molar-refractivity contribution in [2.24, 2.45) is 5.73 Å². The predicted octanol–water partition coefficient (Wildman–Crippen LogP) is 2.88. The van der Waals surface area contributed by atoms with E-state index in [0.29, 0.717) is 18.0 Å². The summed E-state index contributed by atoms with van der Waals surface area (Å²) >= 11 is 1.42. The summed E-state index contributed by atoms with van der Waals surface area (Å²) in [6.45, 7) is 1.89. The molecular weight excluding hydrogens is 362 g/mol. The van der Waals surface area contributed by atoms with Crippen LogP contribution in [-0.4, -0.2) is 36.7 Å². The number of carbonyl (C=O) groups excluding carboxylic acids is 2. The normalized spacial score (nSPS) is 15.1. The molecule has 0 saturated heterocycles. The highest BCUT2D eigenvalue weighted by Crippen LogP contribution is 2.40. The zero-order valence-corrected chi connectivity index (χ0v) is 15.8. The third kappa shape index (κ3) is 3.62. The summed E-state index contributed by atoms with van der Waals surface area (Å²) in [5.41, 5.74) is 6.90. The number of aryl methyl sites for hydroxylation is 1. The van der Waals surface area contributed by atoms with Crippen LogP contribution in [0, 0.1) is 0 Å². The highest BCUT2D eigenvalue weighted by atomic mass is 32.2. The zero-order valence-electron chi connectivity index (χ0n) is 15.0. The Morgan fingerprint density at radius 2 is 2.11 bits per heavy atom. The number of carbonyl (C=O) groups is 2. The molecule has 3 N–H and O–H groups in total. The van der Waals surface area contributed by atoms with Crippen LogP contribution in [0.4, 0.5) is 0 Å². The van der Waals surface area contributed by atoms with E-state index in [1.165, 1.54) is 11.8 Å². The summed E-state index contributed by atoms with van der Waals surface area (Å²) in [5.74, 6) is 0.476. The number of amides is 1. The molecule has 27 heavy (non-hydrogen) atoms. The van der Waals surface area contributed by atoms with Crippen LogP contribution in [0.15, 0.2) is 35.6 Å². The maximum Gasteiger partial charge on any atom is 0.217 e. The summed E-state index contributed by atoms with van der Waals surface area (Å²) in [4.78, 5) is 27.2. The van der Waals surface area contributed by atoms with Gasteiger partial charge in [-0.1, -0.05) is 30.0 Å². The van der Waals surface area contributed by atoms with Gasteiger partial charge in [-0.15, -0.1) is 10.2 Å².